The van der Waals surface area contributed by atoms with Gasteiger partial charge in [0, 0.05) is 18.0 Å². The second-order valence-electron chi connectivity index (χ2n) is 10.9. The minimum absolute atomic E-state index is 0.0118. The number of Topliss-reactive ketones (excluding diaryl/α,β-unsaturated/α-hetero) is 1. The predicted molar refractivity (Wildman–Crippen MR) is 143 cm³/mol. The Labute approximate surface area is 219 Å². The molecule has 1 saturated carbocycles. The molecule has 1 fully saturated rings. The van der Waals surface area contributed by atoms with Crippen LogP contribution in [0.1, 0.15) is 84.6 Å². The fraction of sp³-hybridized carbons (Fsp3) is 0.414. The largest absolute Gasteiger partial charge is 0.438 e. The van der Waals surface area contributed by atoms with E-state index in [2.05, 4.69) is 13.8 Å². The maximum Gasteiger partial charge on any atom is 0.270 e. The molecule has 1 heterocycles. The van der Waals surface area contributed by atoms with Gasteiger partial charge in [-0.1, -0.05) is 43.7 Å². The molecule has 0 saturated heterocycles. The number of hydrogen-bond donors (Lipinski definition) is 1. The zero-order valence-electron chi connectivity index (χ0n) is 22.1. The zero-order valence-corrected chi connectivity index (χ0v) is 22.9. The van der Waals surface area contributed by atoms with Crippen molar-refractivity contribution in [1.29, 1.82) is 0 Å². The van der Waals surface area contributed by atoms with E-state index in [4.69, 9.17) is 9.72 Å². The van der Waals surface area contributed by atoms with Gasteiger partial charge in [0.25, 0.3) is 15.9 Å². The van der Waals surface area contributed by atoms with Gasteiger partial charge in [0.15, 0.2) is 5.78 Å². The summed E-state index contributed by atoms with van der Waals surface area (Å²) in [7, 11) is -4.36. The number of pyridine rings is 1. The number of hydrogen-bond acceptors (Lipinski definition) is 6. The van der Waals surface area contributed by atoms with Crippen LogP contribution in [0.2, 0.25) is 0 Å². The third-order valence-electron chi connectivity index (χ3n) is 7.17. The van der Waals surface area contributed by atoms with E-state index in [1.165, 1.54) is 12.2 Å². The predicted octanol–water partition coefficient (Wildman–Crippen LogP) is 5.96. The lowest BCUT2D eigenvalue weighted by molar-refractivity contribution is -0.114. The molecule has 2 aromatic rings. The molecule has 0 aliphatic heterocycles. The molecule has 0 radical (unpaired) electrons. The molecule has 0 bridgehead atoms. The molecule has 2 aliphatic carbocycles. The van der Waals surface area contributed by atoms with Gasteiger partial charge >= 0.3 is 0 Å². The molecule has 1 amide bonds. The average molecular weight is 523 g/mol. The van der Waals surface area contributed by atoms with Crippen LogP contribution >= 0.6 is 0 Å². The third kappa shape index (κ3) is 6.01. The Morgan fingerprint density at radius 1 is 1.08 bits per heavy atom. The third-order valence-corrected chi connectivity index (χ3v) is 8.56. The van der Waals surface area contributed by atoms with Crippen molar-refractivity contribution in [3.05, 3.63) is 75.3 Å². The summed E-state index contributed by atoms with van der Waals surface area (Å²) in [5, 5.41) is 0. The molecular formula is C29H34N2O5S. The van der Waals surface area contributed by atoms with E-state index >= 15 is 0 Å². The first-order chi connectivity index (χ1) is 17.4. The van der Waals surface area contributed by atoms with Gasteiger partial charge in [-0.25, -0.2) is 18.1 Å². The van der Waals surface area contributed by atoms with Gasteiger partial charge in [0.2, 0.25) is 5.88 Å². The maximum atomic E-state index is 13.3. The SMILES string of the molecule is Cc1cc(C)c(Oc2nc(C3CCC(C)(C)CC3)ccc2C(=O)NS(=O)(=O)C2=CC=CCC2=O)c(C)c1. The van der Waals surface area contributed by atoms with Crippen LogP contribution in [0.3, 0.4) is 0 Å². The highest BCUT2D eigenvalue weighted by Gasteiger charge is 2.31. The number of allylic oxidation sites excluding steroid dienone is 4. The smallest absolute Gasteiger partial charge is 0.270 e. The number of aromatic nitrogens is 1. The Bertz CT molecular complexity index is 1390. The quantitative estimate of drug-likeness (QED) is 0.503. The number of amides is 1. The van der Waals surface area contributed by atoms with Crippen molar-refractivity contribution in [2.75, 3.05) is 0 Å². The highest BCUT2D eigenvalue weighted by molar-refractivity contribution is 7.95. The van der Waals surface area contributed by atoms with Crippen molar-refractivity contribution in [1.82, 2.24) is 9.71 Å². The van der Waals surface area contributed by atoms with Crippen LogP contribution in [0.4, 0.5) is 0 Å². The van der Waals surface area contributed by atoms with E-state index in [9.17, 15) is 18.0 Å². The summed E-state index contributed by atoms with van der Waals surface area (Å²) < 4.78 is 34.0. The first-order valence-electron chi connectivity index (χ1n) is 12.6. The molecule has 4 rings (SSSR count). The lowest BCUT2D eigenvalue weighted by Gasteiger charge is -2.34. The summed E-state index contributed by atoms with van der Waals surface area (Å²) in [6.07, 6.45) is 8.32. The Hall–Kier alpha value is -3.26. The van der Waals surface area contributed by atoms with Gasteiger partial charge in [-0.05, 0) is 81.2 Å². The number of ether oxygens (including phenoxy) is 1. The van der Waals surface area contributed by atoms with Gasteiger partial charge in [0.1, 0.15) is 16.2 Å². The van der Waals surface area contributed by atoms with E-state index in [-0.39, 0.29) is 23.8 Å². The molecule has 0 spiro atoms. The van der Waals surface area contributed by atoms with Crippen LogP contribution in [0.5, 0.6) is 11.6 Å². The highest BCUT2D eigenvalue weighted by atomic mass is 32.2. The van der Waals surface area contributed by atoms with Gasteiger partial charge in [-0.2, -0.15) is 0 Å². The van der Waals surface area contributed by atoms with Gasteiger partial charge in [0.05, 0.1) is 0 Å². The van der Waals surface area contributed by atoms with E-state index in [0.717, 1.165) is 48.1 Å². The van der Waals surface area contributed by atoms with Crippen LogP contribution in [0.15, 0.2) is 47.4 Å². The first-order valence-corrected chi connectivity index (χ1v) is 14.1. The Morgan fingerprint density at radius 2 is 1.73 bits per heavy atom. The summed E-state index contributed by atoms with van der Waals surface area (Å²) in [5.41, 5.74) is 3.95. The molecule has 1 aromatic carbocycles. The topological polar surface area (TPSA) is 102 Å². The zero-order chi connectivity index (χ0) is 27.0. The molecule has 0 unspecified atom stereocenters. The minimum atomic E-state index is -4.36. The molecular weight excluding hydrogens is 488 g/mol. The van der Waals surface area contributed by atoms with Crippen molar-refractivity contribution in [2.24, 2.45) is 5.41 Å². The molecule has 2 aliphatic rings. The monoisotopic (exact) mass is 522 g/mol. The number of benzene rings is 1. The molecule has 8 heteroatoms. The van der Waals surface area contributed by atoms with Crippen molar-refractivity contribution < 1.29 is 22.7 Å². The van der Waals surface area contributed by atoms with Crippen molar-refractivity contribution in [2.45, 2.75) is 72.6 Å². The van der Waals surface area contributed by atoms with Crippen molar-refractivity contribution >= 4 is 21.7 Å². The average Bonchev–Trinajstić information content (AvgIpc) is 2.81. The number of carbonyl (C=O) groups is 2. The molecule has 1 aromatic heterocycles. The summed E-state index contributed by atoms with van der Waals surface area (Å²) in [6, 6.07) is 7.31. The Kier molecular flexibility index (Phi) is 7.42. The number of aryl methyl sites for hydroxylation is 3. The van der Waals surface area contributed by atoms with Gasteiger partial charge < -0.3 is 4.74 Å². The lowest BCUT2D eigenvalue weighted by atomic mass is 9.72. The number of carbonyl (C=O) groups excluding carboxylic acids is 2. The maximum absolute atomic E-state index is 13.3. The molecule has 37 heavy (non-hydrogen) atoms. The van der Waals surface area contributed by atoms with E-state index in [1.54, 1.807) is 18.2 Å². The fourth-order valence-electron chi connectivity index (χ4n) is 5.05. The summed E-state index contributed by atoms with van der Waals surface area (Å²) in [5.74, 6) is -0.613. The second-order valence-corrected chi connectivity index (χ2v) is 12.5. The lowest BCUT2D eigenvalue weighted by Crippen LogP contribution is -2.34. The first kappa shape index (κ1) is 26.8. The number of rotatable bonds is 6. The number of nitrogens with zero attached hydrogens (tertiary/aromatic N) is 1. The minimum Gasteiger partial charge on any atom is -0.438 e. The number of sulfonamides is 1. The number of nitrogens with one attached hydrogen (secondary N) is 1. The molecule has 0 atom stereocenters. The van der Waals surface area contributed by atoms with Crippen molar-refractivity contribution in [3.8, 4) is 11.6 Å². The van der Waals surface area contributed by atoms with Crippen molar-refractivity contribution in [3.63, 3.8) is 0 Å². The highest BCUT2D eigenvalue weighted by Crippen LogP contribution is 2.42. The summed E-state index contributed by atoms with van der Waals surface area (Å²) in [4.78, 5) is 29.7. The van der Waals surface area contributed by atoms with Crippen LogP contribution in [-0.4, -0.2) is 25.1 Å². The summed E-state index contributed by atoms with van der Waals surface area (Å²) >= 11 is 0. The van der Waals surface area contributed by atoms with Crippen LogP contribution < -0.4 is 9.46 Å². The number of ketones is 1. The molecule has 1 N–H and O–H groups in total. The second kappa shape index (κ2) is 10.2. The standard InChI is InChI=1S/C29H34N2O5S/c1-18-16-19(2)26(20(3)17-18)36-28-22(10-11-23(30-28)21-12-14-29(4,5)15-13-21)27(33)31-37(34,35)25-9-7-6-8-24(25)32/h6-7,9-11,16-17,21H,8,12-15H2,1-5H3,(H,31,33). The van der Waals surface area contributed by atoms with E-state index < -0.39 is 26.6 Å². The van der Waals surface area contributed by atoms with Crippen LogP contribution in [0, 0.1) is 26.2 Å². The normalized spacial score (nSPS) is 17.9. The van der Waals surface area contributed by atoms with E-state index in [1.807, 2.05) is 37.6 Å². The summed E-state index contributed by atoms with van der Waals surface area (Å²) in [6.45, 7) is 10.4. The Morgan fingerprint density at radius 3 is 2.35 bits per heavy atom. The van der Waals surface area contributed by atoms with E-state index in [0.29, 0.717) is 11.2 Å². The van der Waals surface area contributed by atoms with Crippen LogP contribution in [-0.2, 0) is 14.8 Å². The Balaban J connectivity index is 1.70. The molecule has 7 nitrogen and oxygen atoms in total. The van der Waals surface area contributed by atoms with Crippen LogP contribution in [0.25, 0.3) is 0 Å². The fourth-order valence-corrected chi connectivity index (χ4v) is 6.15. The van der Waals surface area contributed by atoms with Gasteiger partial charge in [-0.3, -0.25) is 9.59 Å². The van der Waals surface area contributed by atoms with Gasteiger partial charge in [-0.15, -0.1) is 0 Å². The molecule has 196 valence electrons.